The predicted octanol–water partition coefficient (Wildman–Crippen LogP) is 12.7. The van der Waals surface area contributed by atoms with Gasteiger partial charge >= 0.3 is 0 Å². The summed E-state index contributed by atoms with van der Waals surface area (Å²) in [5, 5.41) is 24.1. The van der Waals surface area contributed by atoms with Crippen molar-refractivity contribution in [3.63, 3.8) is 0 Å². The maximum Gasteiger partial charge on any atom is 0.210 e. The number of thiocarbonyl (C=S) groups is 4. The molecule has 0 bridgehead atoms. The van der Waals surface area contributed by atoms with E-state index < -0.39 is 0 Å². The van der Waals surface area contributed by atoms with Crippen LogP contribution in [0.2, 0.25) is 0 Å². The van der Waals surface area contributed by atoms with E-state index in [9.17, 15) is 0 Å². The first-order valence-corrected chi connectivity index (χ1v) is 25.5. The Bertz CT molecular complexity index is 2450. The lowest BCUT2D eigenvalue weighted by atomic mass is 10.2. The minimum absolute atomic E-state index is 0. The number of hydrogen-bond donors (Lipinski definition) is 4. The van der Waals surface area contributed by atoms with Gasteiger partial charge in [-0.05, 0) is 93.4 Å². The second-order valence-electron chi connectivity index (χ2n) is 16.8. The largest absolute Gasteiger partial charge is 0.359 e. The highest BCUT2D eigenvalue weighted by molar-refractivity contribution is 7.81. The molecule has 8 nitrogen and oxygen atoms in total. The summed E-state index contributed by atoms with van der Waals surface area (Å²) in [6, 6.07) is 82.5. The smallest absolute Gasteiger partial charge is 0.210 e. The van der Waals surface area contributed by atoms with Crippen LogP contribution >= 0.6 is 48.9 Å². The van der Waals surface area contributed by atoms with Crippen molar-refractivity contribution in [3.05, 3.63) is 287 Å². The lowest BCUT2D eigenvalue weighted by Gasteiger charge is -2.53. The van der Waals surface area contributed by atoms with E-state index in [1.807, 2.05) is 97.1 Å². The number of hydrazine groups is 2. The van der Waals surface area contributed by atoms with Gasteiger partial charge in [-0.15, -0.1) is 0 Å². The van der Waals surface area contributed by atoms with Gasteiger partial charge in [-0.1, -0.05) is 250 Å². The normalized spacial score (nSPS) is 11.7. The Morgan fingerprint density at radius 1 is 0.260 bits per heavy atom. The maximum absolute atomic E-state index is 6.20. The van der Waals surface area contributed by atoms with Crippen molar-refractivity contribution >= 4 is 69.3 Å². The average molecular weight is 1040 g/mol. The van der Waals surface area contributed by atoms with Gasteiger partial charge in [0.1, 0.15) is 0 Å². The summed E-state index contributed by atoms with van der Waals surface area (Å²) in [5.74, 6) is 0. The van der Waals surface area contributed by atoms with E-state index in [4.69, 9.17) is 48.9 Å². The molecule has 4 N–H and O–H groups in total. The number of nitrogens with zero attached hydrogens (tertiary/aromatic N) is 4. The van der Waals surface area contributed by atoms with Gasteiger partial charge in [-0.2, -0.15) is 0 Å². The fraction of sp³-hybridized carbons (Fsp3) is 0.148. The summed E-state index contributed by atoms with van der Waals surface area (Å²) in [4.78, 5) is 0. The molecule has 0 atom stereocenters. The van der Waals surface area contributed by atoms with Crippen LogP contribution in [0.25, 0.3) is 0 Å². The molecule has 1 heterocycles. The summed E-state index contributed by atoms with van der Waals surface area (Å²) in [6.07, 6.45) is 0. The Morgan fingerprint density at radius 2 is 0.411 bits per heavy atom. The highest BCUT2D eigenvalue weighted by Gasteiger charge is 2.38. The summed E-state index contributed by atoms with van der Waals surface area (Å²) >= 11 is 22.9. The third kappa shape index (κ3) is 18.6. The van der Waals surface area contributed by atoms with Crippen molar-refractivity contribution in [1.29, 1.82) is 0 Å². The highest BCUT2D eigenvalue weighted by Crippen LogP contribution is 2.27. The molecular weight excluding hydrogens is 973 g/mol. The first-order chi connectivity index (χ1) is 35.4. The molecule has 0 aliphatic carbocycles. The molecule has 1 saturated heterocycles. The lowest BCUT2D eigenvalue weighted by molar-refractivity contribution is -0.0200. The zero-order chi connectivity index (χ0) is 50.0. The topological polar surface area (TPSA) is 61.1 Å². The summed E-state index contributed by atoms with van der Waals surface area (Å²) in [6.45, 7) is 5.55. The van der Waals surface area contributed by atoms with Gasteiger partial charge in [0.15, 0.2) is 10.2 Å². The Kier molecular flexibility index (Phi) is 22.8. The first-order valence-electron chi connectivity index (χ1n) is 23.9. The molecule has 8 aromatic rings. The number of nitrogens with one attached hydrogen (secondary N) is 4. The molecule has 0 amide bonds. The van der Waals surface area contributed by atoms with Crippen LogP contribution in [0.5, 0.6) is 0 Å². The van der Waals surface area contributed by atoms with Crippen LogP contribution in [0.3, 0.4) is 0 Å². The van der Waals surface area contributed by atoms with Crippen molar-refractivity contribution in [1.82, 2.24) is 41.3 Å². The second-order valence-corrected chi connectivity index (χ2v) is 18.3. The minimum atomic E-state index is 0. The van der Waals surface area contributed by atoms with Crippen molar-refractivity contribution in [2.75, 3.05) is 0 Å². The number of benzene rings is 8. The van der Waals surface area contributed by atoms with E-state index in [0.717, 1.165) is 36.4 Å². The molecule has 8 aromatic carbocycles. The van der Waals surface area contributed by atoms with Crippen molar-refractivity contribution in [2.45, 2.75) is 59.8 Å². The van der Waals surface area contributed by atoms with Gasteiger partial charge in [0.2, 0.25) is 10.2 Å². The molecule has 0 unspecified atom stereocenters. The standard InChI is InChI=1S/C30H28N4S2.2C15H16N2S.CH4/c35-29-31(21-25-13-5-1-6-14-25)32(22-26-15-7-2-8-16-26)30(36)34(24-28-19-11-4-12-20-28)33(29)23-27-17-9-3-10-18-27;2*18-15(16-11-13-7-3-1-4-8-13)17-12-14-9-5-2-6-10-14;/h1-20H,21-24H2;2*1-10H,11-12H2,(H2,16,17,18);1H4. The molecular formula is C61H64N8S4. The van der Waals surface area contributed by atoms with Crippen LogP contribution in [-0.2, 0) is 52.4 Å². The molecule has 0 aromatic heterocycles. The molecule has 9 rings (SSSR count). The zero-order valence-electron chi connectivity index (χ0n) is 40.2. The highest BCUT2D eigenvalue weighted by atomic mass is 32.1. The first kappa shape index (κ1) is 54.8. The van der Waals surface area contributed by atoms with E-state index in [0.29, 0.717) is 36.4 Å². The Hall–Kier alpha value is -7.48. The van der Waals surface area contributed by atoms with Gasteiger partial charge in [0, 0.05) is 26.2 Å². The van der Waals surface area contributed by atoms with Crippen LogP contribution < -0.4 is 21.3 Å². The third-order valence-electron chi connectivity index (χ3n) is 11.4. The molecule has 372 valence electrons. The summed E-state index contributed by atoms with van der Waals surface area (Å²) in [7, 11) is 0. The van der Waals surface area contributed by atoms with Gasteiger partial charge in [-0.25, -0.2) is 0 Å². The third-order valence-corrected chi connectivity index (χ3v) is 12.8. The Labute approximate surface area is 454 Å². The summed E-state index contributed by atoms with van der Waals surface area (Å²) < 4.78 is 0. The number of hydrogen-bond acceptors (Lipinski definition) is 4. The second kappa shape index (κ2) is 30.4. The van der Waals surface area contributed by atoms with E-state index in [1.54, 1.807) is 0 Å². The monoisotopic (exact) mass is 1040 g/mol. The molecule has 0 spiro atoms. The van der Waals surface area contributed by atoms with Crippen molar-refractivity contribution in [2.24, 2.45) is 0 Å². The van der Waals surface area contributed by atoms with E-state index in [-0.39, 0.29) is 7.43 Å². The predicted molar refractivity (Wildman–Crippen MR) is 318 cm³/mol. The van der Waals surface area contributed by atoms with Gasteiger partial charge in [-0.3, -0.25) is 20.0 Å². The van der Waals surface area contributed by atoms with Crippen molar-refractivity contribution in [3.8, 4) is 0 Å². The molecule has 0 saturated carbocycles. The van der Waals surface area contributed by atoms with E-state index >= 15 is 0 Å². The molecule has 1 aliphatic rings. The average Bonchev–Trinajstić information content (AvgIpc) is 3.44. The Morgan fingerprint density at radius 3 is 0.575 bits per heavy atom. The van der Waals surface area contributed by atoms with Crippen LogP contribution in [0.1, 0.15) is 51.9 Å². The molecule has 73 heavy (non-hydrogen) atoms. The van der Waals surface area contributed by atoms with E-state index in [1.165, 1.54) is 44.5 Å². The van der Waals surface area contributed by atoms with Crippen LogP contribution in [0.15, 0.2) is 243 Å². The number of rotatable bonds is 16. The molecule has 1 fully saturated rings. The maximum atomic E-state index is 6.20. The quantitative estimate of drug-likeness (QED) is 0.0698. The van der Waals surface area contributed by atoms with Crippen LogP contribution in [0.4, 0.5) is 0 Å². The van der Waals surface area contributed by atoms with Gasteiger partial charge < -0.3 is 21.3 Å². The van der Waals surface area contributed by atoms with Crippen LogP contribution in [0, 0.1) is 0 Å². The van der Waals surface area contributed by atoms with Crippen LogP contribution in [-0.4, -0.2) is 40.5 Å². The fourth-order valence-electron chi connectivity index (χ4n) is 7.55. The van der Waals surface area contributed by atoms with E-state index in [2.05, 4.69) is 187 Å². The van der Waals surface area contributed by atoms with Gasteiger partial charge in [0.25, 0.3) is 0 Å². The fourth-order valence-corrected chi connectivity index (χ4v) is 8.50. The summed E-state index contributed by atoms with van der Waals surface area (Å²) in [5.41, 5.74) is 9.60. The van der Waals surface area contributed by atoms with Gasteiger partial charge in [0.05, 0.1) is 26.2 Å². The lowest BCUT2D eigenvalue weighted by Crippen LogP contribution is -2.67. The minimum Gasteiger partial charge on any atom is -0.359 e. The van der Waals surface area contributed by atoms with Crippen molar-refractivity contribution < 1.29 is 0 Å². The molecule has 1 aliphatic heterocycles. The molecule has 12 heteroatoms. The Balaban J connectivity index is 0.000000197. The molecule has 0 radical (unpaired) electrons. The zero-order valence-corrected chi connectivity index (χ0v) is 43.4. The SMILES string of the molecule is C.S=C(NCc1ccccc1)NCc1ccccc1.S=C(NCc1ccccc1)NCc1ccccc1.S=C1N(Cc2ccccc2)N(Cc2ccccc2)C(=S)N(Cc2ccccc2)N1Cc1ccccc1.